The lowest BCUT2D eigenvalue weighted by Gasteiger charge is -2.43. The second kappa shape index (κ2) is 6.18. The summed E-state index contributed by atoms with van der Waals surface area (Å²) >= 11 is 0. The van der Waals surface area contributed by atoms with Gasteiger partial charge in [-0.3, -0.25) is 0 Å². The van der Waals surface area contributed by atoms with Crippen LogP contribution in [0.4, 0.5) is 0 Å². The summed E-state index contributed by atoms with van der Waals surface area (Å²) < 4.78 is 5.98. The zero-order valence-corrected chi connectivity index (χ0v) is 11.8. The zero-order chi connectivity index (χ0) is 13.7. The minimum Gasteiger partial charge on any atom is -0.373 e. The van der Waals surface area contributed by atoms with Crippen LogP contribution in [-0.2, 0) is 10.3 Å². The second-order valence-electron chi connectivity index (χ2n) is 5.29. The third-order valence-corrected chi connectivity index (χ3v) is 4.31. The molecule has 102 valence electrons. The van der Waals surface area contributed by atoms with E-state index in [-0.39, 0.29) is 5.60 Å². The molecule has 0 radical (unpaired) electrons. The smallest absolute Gasteiger partial charge is 0.0991 e. The van der Waals surface area contributed by atoms with E-state index < -0.39 is 0 Å². The molecule has 19 heavy (non-hydrogen) atoms. The molecule has 2 rings (SSSR count). The summed E-state index contributed by atoms with van der Waals surface area (Å²) in [7, 11) is 3.79. The number of rotatable bonds is 4. The lowest BCUT2D eigenvalue weighted by atomic mass is 9.71. The Balaban J connectivity index is 2.41. The molecule has 0 saturated heterocycles. The van der Waals surface area contributed by atoms with Gasteiger partial charge in [-0.1, -0.05) is 25.0 Å². The van der Waals surface area contributed by atoms with Crippen molar-refractivity contribution in [2.45, 2.75) is 31.3 Å². The van der Waals surface area contributed by atoms with Crippen molar-refractivity contribution in [1.29, 1.82) is 5.26 Å². The van der Waals surface area contributed by atoms with Crippen LogP contribution in [0.5, 0.6) is 0 Å². The van der Waals surface area contributed by atoms with E-state index in [1.807, 2.05) is 25.2 Å². The Labute approximate surface area is 115 Å². The average Bonchev–Trinajstić information content (AvgIpc) is 2.48. The van der Waals surface area contributed by atoms with Crippen LogP contribution in [0.25, 0.3) is 0 Å². The van der Waals surface area contributed by atoms with Gasteiger partial charge in [-0.05, 0) is 37.6 Å². The van der Waals surface area contributed by atoms with Crippen LogP contribution < -0.4 is 5.32 Å². The summed E-state index contributed by atoms with van der Waals surface area (Å²) in [4.78, 5) is 0. The molecule has 0 heterocycles. The van der Waals surface area contributed by atoms with E-state index in [2.05, 4.69) is 17.5 Å². The normalized spacial score (nSPS) is 26.9. The van der Waals surface area contributed by atoms with Gasteiger partial charge in [0.2, 0.25) is 0 Å². The van der Waals surface area contributed by atoms with Gasteiger partial charge in [0, 0.05) is 19.6 Å². The number of hydrogen-bond acceptors (Lipinski definition) is 3. The molecule has 1 aliphatic carbocycles. The van der Waals surface area contributed by atoms with Gasteiger partial charge in [0.25, 0.3) is 0 Å². The molecule has 3 nitrogen and oxygen atoms in total. The maximum atomic E-state index is 9.08. The Kier molecular flexibility index (Phi) is 4.57. The van der Waals surface area contributed by atoms with Crippen molar-refractivity contribution < 1.29 is 4.74 Å². The predicted octanol–water partition coefficient (Wildman–Crippen LogP) is 2.81. The van der Waals surface area contributed by atoms with Gasteiger partial charge in [0.1, 0.15) is 0 Å². The molecule has 1 aromatic rings. The molecule has 1 N–H and O–H groups in total. The highest BCUT2D eigenvalue weighted by Gasteiger charge is 2.42. The van der Waals surface area contributed by atoms with E-state index in [0.29, 0.717) is 11.5 Å². The quantitative estimate of drug-likeness (QED) is 0.903. The topological polar surface area (TPSA) is 45.0 Å². The largest absolute Gasteiger partial charge is 0.373 e. The maximum absolute atomic E-state index is 9.08. The van der Waals surface area contributed by atoms with Crippen LogP contribution in [0, 0.1) is 17.2 Å². The average molecular weight is 258 g/mol. The van der Waals surface area contributed by atoms with Gasteiger partial charge in [-0.25, -0.2) is 0 Å². The van der Waals surface area contributed by atoms with Gasteiger partial charge in [0.15, 0.2) is 0 Å². The van der Waals surface area contributed by atoms with Crippen molar-refractivity contribution in [3.05, 3.63) is 35.4 Å². The Hall–Kier alpha value is -1.37. The van der Waals surface area contributed by atoms with Crippen molar-refractivity contribution in [2.75, 3.05) is 20.7 Å². The van der Waals surface area contributed by atoms with Crippen LogP contribution in [0.1, 0.15) is 36.8 Å². The number of nitrogens with zero attached hydrogens (tertiary/aromatic N) is 1. The summed E-state index contributed by atoms with van der Waals surface area (Å²) in [6.45, 7) is 0.949. The van der Waals surface area contributed by atoms with Crippen LogP contribution in [0.15, 0.2) is 24.3 Å². The van der Waals surface area contributed by atoms with E-state index in [1.54, 1.807) is 7.11 Å². The summed E-state index contributed by atoms with van der Waals surface area (Å²) in [6.07, 6.45) is 4.65. The van der Waals surface area contributed by atoms with E-state index >= 15 is 0 Å². The number of nitrogens with one attached hydrogen (secondary N) is 1. The molecule has 1 saturated carbocycles. The summed E-state index contributed by atoms with van der Waals surface area (Å²) in [5, 5.41) is 12.4. The number of benzene rings is 1. The molecule has 0 amide bonds. The molecule has 0 bridgehead atoms. The van der Waals surface area contributed by atoms with Crippen LogP contribution in [0.2, 0.25) is 0 Å². The molecule has 1 fully saturated rings. The first kappa shape index (κ1) is 14.0. The fourth-order valence-corrected chi connectivity index (χ4v) is 3.35. The van der Waals surface area contributed by atoms with Gasteiger partial charge in [-0.2, -0.15) is 5.26 Å². The van der Waals surface area contributed by atoms with Gasteiger partial charge in [0.05, 0.1) is 17.2 Å². The van der Waals surface area contributed by atoms with Crippen LogP contribution in [0.3, 0.4) is 0 Å². The summed E-state index contributed by atoms with van der Waals surface area (Å²) in [5.74, 6) is 0.463. The van der Waals surface area contributed by atoms with Crippen molar-refractivity contribution in [3.8, 4) is 6.07 Å². The minimum atomic E-state index is -0.242. The fraction of sp³-hybridized carbons (Fsp3) is 0.562. The number of ether oxygens (including phenoxy) is 1. The first-order chi connectivity index (χ1) is 9.26. The highest BCUT2D eigenvalue weighted by Crippen LogP contribution is 2.44. The highest BCUT2D eigenvalue weighted by molar-refractivity contribution is 5.36. The molecule has 0 aliphatic heterocycles. The third kappa shape index (κ3) is 2.65. The summed E-state index contributed by atoms with van der Waals surface area (Å²) in [6, 6.07) is 10.1. The Bertz CT molecular complexity index is 464. The summed E-state index contributed by atoms with van der Waals surface area (Å²) in [5.41, 5.74) is 1.62. The molecule has 0 aromatic heterocycles. The molecule has 3 heteroatoms. The van der Waals surface area contributed by atoms with Crippen molar-refractivity contribution in [1.82, 2.24) is 5.32 Å². The molecule has 0 spiro atoms. The SMILES string of the molecule is CNCC1CCCCC1(OC)c1cccc(C#N)c1. The fourth-order valence-electron chi connectivity index (χ4n) is 3.35. The van der Waals surface area contributed by atoms with Gasteiger partial charge < -0.3 is 10.1 Å². The number of methoxy groups -OCH3 is 1. The Morgan fingerprint density at radius 2 is 2.32 bits per heavy atom. The highest BCUT2D eigenvalue weighted by atomic mass is 16.5. The lowest BCUT2D eigenvalue weighted by molar-refractivity contribution is -0.0883. The molecule has 2 unspecified atom stereocenters. The molecular weight excluding hydrogens is 236 g/mol. The number of hydrogen-bond donors (Lipinski definition) is 1. The van der Waals surface area contributed by atoms with Crippen molar-refractivity contribution in [2.24, 2.45) is 5.92 Å². The predicted molar refractivity (Wildman–Crippen MR) is 75.7 cm³/mol. The Morgan fingerprint density at radius 1 is 1.47 bits per heavy atom. The molecule has 1 aliphatic rings. The first-order valence-electron chi connectivity index (χ1n) is 6.97. The van der Waals surface area contributed by atoms with Crippen molar-refractivity contribution >= 4 is 0 Å². The second-order valence-corrected chi connectivity index (χ2v) is 5.29. The van der Waals surface area contributed by atoms with Crippen molar-refractivity contribution in [3.63, 3.8) is 0 Å². The Morgan fingerprint density at radius 3 is 3.00 bits per heavy atom. The molecule has 2 atom stereocenters. The molecule has 1 aromatic carbocycles. The maximum Gasteiger partial charge on any atom is 0.0991 e. The zero-order valence-electron chi connectivity index (χ0n) is 11.8. The van der Waals surface area contributed by atoms with Crippen LogP contribution >= 0.6 is 0 Å². The van der Waals surface area contributed by atoms with E-state index in [0.717, 1.165) is 18.5 Å². The van der Waals surface area contributed by atoms with Gasteiger partial charge in [-0.15, -0.1) is 0 Å². The first-order valence-corrected chi connectivity index (χ1v) is 6.97. The minimum absolute atomic E-state index is 0.242. The van der Waals surface area contributed by atoms with E-state index in [1.165, 1.54) is 19.3 Å². The molecular formula is C16H22N2O. The number of nitriles is 1. The monoisotopic (exact) mass is 258 g/mol. The standard InChI is InChI=1S/C16H22N2O/c1-18-12-15-7-3-4-9-16(15,19-2)14-8-5-6-13(10-14)11-17/h5-6,8,10,15,18H,3-4,7,9,12H2,1-2H3. The van der Waals surface area contributed by atoms with Gasteiger partial charge >= 0.3 is 0 Å². The van der Waals surface area contributed by atoms with Crippen LogP contribution in [-0.4, -0.2) is 20.7 Å². The third-order valence-electron chi connectivity index (χ3n) is 4.31. The van der Waals surface area contributed by atoms with E-state index in [4.69, 9.17) is 10.00 Å². The van der Waals surface area contributed by atoms with E-state index in [9.17, 15) is 0 Å². The lowest BCUT2D eigenvalue weighted by Crippen LogP contribution is -2.44.